The molecule has 0 spiro atoms. The molecule has 1 N–H and O–H groups in total. The molecule has 1 atom stereocenters. The van der Waals surface area contributed by atoms with Crippen LogP contribution in [0.2, 0.25) is 0 Å². The van der Waals surface area contributed by atoms with Crippen molar-refractivity contribution >= 4 is 50.4 Å². The molecular formula is C19H24BrNO4S. The number of carboxylic acids is 1. The predicted molar refractivity (Wildman–Crippen MR) is 108 cm³/mol. The third-order valence-electron chi connectivity index (χ3n) is 4.85. The Balaban J connectivity index is 2.25. The third-order valence-corrected chi connectivity index (χ3v) is 6.72. The highest BCUT2D eigenvalue weighted by Gasteiger charge is 2.31. The van der Waals surface area contributed by atoms with Crippen molar-refractivity contribution < 1.29 is 19.5 Å². The number of rotatable bonds is 6. The Morgan fingerprint density at radius 2 is 1.88 bits per heavy atom. The molecule has 0 bridgehead atoms. The van der Waals surface area contributed by atoms with E-state index in [1.165, 1.54) is 11.8 Å². The Hall–Kier alpha value is -1.34. The number of carbonyl (C=O) groups is 3. The lowest BCUT2D eigenvalue weighted by molar-refractivity contribution is -0.139. The average Bonchev–Trinajstić information content (AvgIpc) is 3.13. The number of halogens is 1. The van der Waals surface area contributed by atoms with Crippen LogP contribution in [0.4, 0.5) is 5.69 Å². The fourth-order valence-electron chi connectivity index (χ4n) is 3.31. The molecule has 1 aliphatic rings. The Bertz CT molecular complexity index is 716. The maximum absolute atomic E-state index is 12.9. The second-order valence-corrected chi connectivity index (χ2v) is 8.54. The summed E-state index contributed by atoms with van der Waals surface area (Å²) < 4.78 is 0.808. The van der Waals surface area contributed by atoms with Gasteiger partial charge in [-0.15, -0.1) is 0 Å². The number of carbonyl (C=O) groups excluding carboxylic acids is 2. The van der Waals surface area contributed by atoms with Gasteiger partial charge < -0.3 is 5.11 Å². The molecule has 0 aliphatic heterocycles. The number of hydrogen-bond acceptors (Lipinski definition) is 4. The predicted octanol–water partition coefficient (Wildman–Crippen LogP) is 4.32. The van der Waals surface area contributed by atoms with Crippen molar-refractivity contribution in [2.45, 2.75) is 52.5 Å². The molecule has 142 valence electrons. The van der Waals surface area contributed by atoms with E-state index in [1.54, 1.807) is 0 Å². The van der Waals surface area contributed by atoms with Crippen LogP contribution >= 0.6 is 27.7 Å². The molecule has 1 unspecified atom stereocenters. The average molecular weight is 442 g/mol. The van der Waals surface area contributed by atoms with E-state index in [9.17, 15) is 19.5 Å². The molecule has 0 radical (unpaired) electrons. The van der Waals surface area contributed by atoms with Gasteiger partial charge in [0.1, 0.15) is 6.04 Å². The highest BCUT2D eigenvalue weighted by atomic mass is 79.9. The number of benzene rings is 1. The molecule has 26 heavy (non-hydrogen) atoms. The quantitative estimate of drug-likeness (QED) is 0.710. The van der Waals surface area contributed by atoms with Crippen LogP contribution in [-0.4, -0.2) is 33.9 Å². The van der Waals surface area contributed by atoms with Gasteiger partial charge in [-0.05, 0) is 50.8 Å². The zero-order valence-electron chi connectivity index (χ0n) is 15.3. The summed E-state index contributed by atoms with van der Waals surface area (Å²) in [6.45, 7) is 5.18. The topological polar surface area (TPSA) is 74.7 Å². The summed E-state index contributed by atoms with van der Waals surface area (Å²) in [6, 6.07) is 2.70. The van der Waals surface area contributed by atoms with E-state index >= 15 is 0 Å². The van der Waals surface area contributed by atoms with Gasteiger partial charge in [-0.25, -0.2) is 4.79 Å². The molecule has 1 saturated carbocycles. The van der Waals surface area contributed by atoms with Crippen LogP contribution in [0.15, 0.2) is 16.6 Å². The minimum atomic E-state index is -1.08. The van der Waals surface area contributed by atoms with Crippen LogP contribution in [0.25, 0.3) is 0 Å². The first kappa shape index (κ1) is 21.0. The minimum Gasteiger partial charge on any atom is -0.480 e. The van der Waals surface area contributed by atoms with Gasteiger partial charge in [0.15, 0.2) is 5.12 Å². The SMILES string of the molecule is Cc1ccc(Br)c(C)c1N(C(=O)CSC(=O)C1CCCC1)C(C)C(=O)O. The summed E-state index contributed by atoms with van der Waals surface area (Å²) in [5.41, 5.74) is 2.21. The van der Waals surface area contributed by atoms with E-state index in [0.29, 0.717) is 5.69 Å². The van der Waals surface area contributed by atoms with Gasteiger partial charge in [0.2, 0.25) is 5.91 Å². The van der Waals surface area contributed by atoms with Crippen molar-refractivity contribution in [2.24, 2.45) is 5.92 Å². The molecule has 1 fully saturated rings. The van der Waals surface area contributed by atoms with E-state index in [0.717, 1.165) is 53.0 Å². The van der Waals surface area contributed by atoms with Gasteiger partial charge in [-0.3, -0.25) is 14.5 Å². The zero-order valence-corrected chi connectivity index (χ0v) is 17.7. The van der Waals surface area contributed by atoms with Crippen LogP contribution < -0.4 is 4.90 Å². The van der Waals surface area contributed by atoms with Gasteiger partial charge >= 0.3 is 5.97 Å². The van der Waals surface area contributed by atoms with Crippen molar-refractivity contribution in [1.29, 1.82) is 0 Å². The highest BCUT2D eigenvalue weighted by molar-refractivity contribution is 9.10. The van der Waals surface area contributed by atoms with E-state index in [-0.39, 0.29) is 22.7 Å². The Morgan fingerprint density at radius 3 is 2.46 bits per heavy atom. The number of aliphatic carboxylic acids is 1. The fraction of sp³-hybridized carbons (Fsp3) is 0.526. The Labute approximate surface area is 166 Å². The van der Waals surface area contributed by atoms with Crippen molar-refractivity contribution in [1.82, 2.24) is 0 Å². The molecule has 1 aliphatic carbocycles. The van der Waals surface area contributed by atoms with Crippen LogP contribution in [0, 0.1) is 19.8 Å². The number of aryl methyl sites for hydroxylation is 1. The standard InChI is InChI=1S/C19H24BrNO4S/c1-11-8-9-15(20)12(2)17(11)21(13(3)18(23)24)16(22)10-26-19(25)14-6-4-5-7-14/h8-9,13-14H,4-7,10H2,1-3H3,(H,23,24). The van der Waals surface area contributed by atoms with E-state index in [2.05, 4.69) is 15.9 Å². The zero-order chi connectivity index (χ0) is 19.4. The number of nitrogens with zero attached hydrogens (tertiary/aromatic N) is 1. The van der Waals surface area contributed by atoms with Crippen LogP contribution in [0.3, 0.4) is 0 Å². The number of thioether (sulfide) groups is 1. The molecular weight excluding hydrogens is 418 g/mol. The summed E-state index contributed by atoms with van der Waals surface area (Å²) in [6.07, 6.45) is 3.89. The lowest BCUT2D eigenvalue weighted by Crippen LogP contribution is -2.45. The molecule has 2 rings (SSSR count). The second kappa shape index (κ2) is 9.04. The number of amides is 1. The first-order chi connectivity index (χ1) is 12.2. The molecule has 1 amide bonds. The van der Waals surface area contributed by atoms with Crippen molar-refractivity contribution in [2.75, 3.05) is 10.7 Å². The van der Waals surface area contributed by atoms with Gasteiger partial charge in [0.05, 0.1) is 11.4 Å². The number of hydrogen-bond donors (Lipinski definition) is 1. The normalized spacial score (nSPS) is 15.7. The summed E-state index contributed by atoms with van der Waals surface area (Å²) >= 11 is 4.46. The van der Waals surface area contributed by atoms with Gasteiger partial charge in [-0.2, -0.15) is 0 Å². The Kier molecular flexibility index (Phi) is 7.29. The van der Waals surface area contributed by atoms with Crippen molar-refractivity contribution in [3.8, 4) is 0 Å². The molecule has 0 aromatic heterocycles. The highest BCUT2D eigenvalue weighted by Crippen LogP contribution is 2.33. The number of anilines is 1. The fourth-order valence-corrected chi connectivity index (χ4v) is 4.50. The van der Waals surface area contributed by atoms with Crippen molar-refractivity contribution in [3.05, 3.63) is 27.7 Å². The van der Waals surface area contributed by atoms with E-state index < -0.39 is 12.0 Å². The molecule has 5 nitrogen and oxygen atoms in total. The molecule has 7 heteroatoms. The van der Waals surface area contributed by atoms with E-state index in [1.807, 2.05) is 26.0 Å². The van der Waals surface area contributed by atoms with Crippen molar-refractivity contribution in [3.63, 3.8) is 0 Å². The lowest BCUT2D eigenvalue weighted by atomic mass is 10.1. The third kappa shape index (κ3) is 4.68. The molecule has 1 aromatic carbocycles. The van der Waals surface area contributed by atoms with Crippen LogP contribution in [-0.2, 0) is 14.4 Å². The van der Waals surface area contributed by atoms with Gasteiger partial charge in [-0.1, -0.05) is 46.6 Å². The maximum atomic E-state index is 12.9. The maximum Gasteiger partial charge on any atom is 0.326 e. The largest absolute Gasteiger partial charge is 0.480 e. The first-order valence-corrected chi connectivity index (χ1v) is 10.5. The smallest absolute Gasteiger partial charge is 0.326 e. The summed E-state index contributed by atoms with van der Waals surface area (Å²) in [5, 5.41) is 9.53. The lowest BCUT2D eigenvalue weighted by Gasteiger charge is -2.30. The summed E-state index contributed by atoms with van der Waals surface area (Å²) in [4.78, 5) is 38.1. The first-order valence-electron chi connectivity index (χ1n) is 8.71. The van der Waals surface area contributed by atoms with Gasteiger partial charge in [0.25, 0.3) is 0 Å². The molecule has 0 saturated heterocycles. The monoisotopic (exact) mass is 441 g/mol. The minimum absolute atomic E-state index is 0.0347. The summed E-state index contributed by atoms with van der Waals surface area (Å²) in [5.74, 6) is -1.45. The van der Waals surface area contributed by atoms with Gasteiger partial charge in [0, 0.05) is 10.4 Å². The van der Waals surface area contributed by atoms with Crippen LogP contribution in [0.5, 0.6) is 0 Å². The summed E-state index contributed by atoms with van der Waals surface area (Å²) in [7, 11) is 0. The van der Waals surface area contributed by atoms with E-state index in [4.69, 9.17) is 0 Å². The number of carboxylic acid groups (broad SMARTS) is 1. The van der Waals surface area contributed by atoms with Crippen LogP contribution in [0.1, 0.15) is 43.7 Å². The Morgan fingerprint density at radius 1 is 1.27 bits per heavy atom. The molecule has 0 heterocycles. The molecule has 1 aromatic rings. The second-order valence-electron chi connectivity index (χ2n) is 6.70.